The van der Waals surface area contributed by atoms with Crippen molar-refractivity contribution in [1.29, 1.82) is 0 Å². The first kappa shape index (κ1) is 28.0. The number of carboxylic acids is 2. The number of hydrogen-bond acceptors (Lipinski definition) is 4. The Labute approximate surface area is 181 Å². The molecule has 5 nitrogen and oxygen atoms in total. The van der Waals surface area contributed by atoms with E-state index in [1.165, 1.54) is 69.5 Å². The lowest BCUT2D eigenvalue weighted by molar-refractivity contribution is -0.138. The summed E-state index contributed by atoms with van der Waals surface area (Å²) in [5.41, 5.74) is 0. The molecule has 0 spiro atoms. The Morgan fingerprint density at radius 3 is 1.93 bits per heavy atom. The van der Waals surface area contributed by atoms with E-state index >= 15 is 0 Å². The van der Waals surface area contributed by atoms with Gasteiger partial charge < -0.3 is 15.3 Å². The number of carboxylic acid groups (broad SMARTS) is 2. The van der Waals surface area contributed by atoms with Crippen molar-refractivity contribution in [2.24, 2.45) is 0 Å². The van der Waals surface area contributed by atoms with Crippen LogP contribution in [-0.4, -0.2) is 44.4 Å². The summed E-state index contributed by atoms with van der Waals surface area (Å²) in [6.07, 6.45) is 18.2. The highest BCUT2D eigenvalue weighted by atomic mass is 32.2. The molecule has 0 bridgehead atoms. The molecule has 0 saturated carbocycles. The quantitative estimate of drug-likeness (QED) is 0.152. The summed E-state index contributed by atoms with van der Waals surface area (Å²) in [5.74, 6) is -1.08. The Bertz CT molecular complexity index is 439. The first-order chi connectivity index (χ1) is 14.0. The van der Waals surface area contributed by atoms with Gasteiger partial charge in [0.25, 0.3) is 0 Å². The van der Waals surface area contributed by atoms with Gasteiger partial charge in [0.1, 0.15) is 0 Å². The molecule has 3 N–H and O–H groups in total. The van der Waals surface area contributed by atoms with Crippen molar-refractivity contribution in [3.05, 3.63) is 12.2 Å². The van der Waals surface area contributed by atoms with Gasteiger partial charge in [0.05, 0.1) is 6.10 Å². The van der Waals surface area contributed by atoms with Crippen molar-refractivity contribution in [2.45, 2.75) is 115 Å². The zero-order valence-electron chi connectivity index (χ0n) is 18.2. The molecule has 0 heterocycles. The third kappa shape index (κ3) is 20.1. The van der Waals surface area contributed by atoms with E-state index in [1.54, 1.807) is 0 Å². The molecule has 0 rings (SSSR count). The molecule has 0 aromatic carbocycles. The van der Waals surface area contributed by atoms with Crippen molar-refractivity contribution in [2.75, 3.05) is 5.75 Å². The molecule has 2 unspecified atom stereocenters. The van der Waals surface area contributed by atoms with Gasteiger partial charge in [0.2, 0.25) is 0 Å². The Hall–Kier alpha value is -1.01. The molecule has 2 atom stereocenters. The maximum absolute atomic E-state index is 10.7. The summed E-state index contributed by atoms with van der Waals surface area (Å²) in [7, 11) is 0. The average Bonchev–Trinajstić information content (AvgIpc) is 2.68. The third-order valence-electron chi connectivity index (χ3n) is 4.93. The van der Waals surface area contributed by atoms with Gasteiger partial charge in [0, 0.05) is 18.1 Å². The van der Waals surface area contributed by atoms with Crippen molar-refractivity contribution >= 4 is 23.7 Å². The Balaban J connectivity index is 4.00. The number of aliphatic hydroxyl groups excluding tert-OH is 1. The molecule has 0 amide bonds. The standard InChI is InChI=1S/C23H42O5S/c1-2-3-4-5-6-7-8-9-10-11-12-13-15-21(20(24)17-18-23(27)28)29-19-14-16-22(25)26/h13,15,20-21,24H,2-12,14,16-19H2,1H3,(H,25,26)(H,27,28)/b15-13-. The number of aliphatic carboxylic acids is 2. The van der Waals surface area contributed by atoms with Crippen LogP contribution in [0.4, 0.5) is 0 Å². The molecule has 6 heteroatoms. The van der Waals surface area contributed by atoms with Gasteiger partial charge in [-0.3, -0.25) is 9.59 Å². The van der Waals surface area contributed by atoms with E-state index in [9.17, 15) is 14.7 Å². The van der Waals surface area contributed by atoms with Crippen molar-refractivity contribution in [3.63, 3.8) is 0 Å². The molecule has 170 valence electrons. The summed E-state index contributed by atoms with van der Waals surface area (Å²) in [4.78, 5) is 21.3. The summed E-state index contributed by atoms with van der Waals surface area (Å²) in [6, 6.07) is 0. The first-order valence-corrected chi connectivity index (χ1v) is 12.4. The fourth-order valence-corrected chi connectivity index (χ4v) is 4.32. The van der Waals surface area contributed by atoms with E-state index in [2.05, 4.69) is 13.0 Å². The fourth-order valence-electron chi connectivity index (χ4n) is 3.15. The van der Waals surface area contributed by atoms with E-state index in [1.807, 2.05) is 6.08 Å². The van der Waals surface area contributed by atoms with Gasteiger partial charge in [-0.15, -0.1) is 0 Å². The molecule has 0 aliphatic rings. The monoisotopic (exact) mass is 430 g/mol. The van der Waals surface area contributed by atoms with Crippen LogP contribution in [0.25, 0.3) is 0 Å². The highest BCUT2D eigenvalue weighted by Crippen LogP contribution is 2.22. The zero-order valence-corrected chi connectivity index (χ0v) is 19.0. The van der Waals surface area contributed by atoms with Crippen molar-refractivity contribution in [3.8, 4) is 0 Å². The van der Waals surface area contributed by atoms with E-state index in [-0.39, 0.29) is 24.5 Å². The normalized spacial score (nSPS) is 13.6. The number of thioether (sulfide) groups is 1. The van der Waals surface area contributed by atoms with Crippen LogP contribution in [0.1, 0.15) is 103 Å². The smallest absolute Gasteiger partial charge is 0.303 e. The van der Waals surface area contributed by atoms with Gasteiger partial charge in [-0.05, 0) is 31.4 Å². The molecule has 0 fully saturated rings. The second-order valence-corrected chi connectivity index (χ2v) is 9.02. The summed E-state index contributed by atoms with van der Waals surface area (Å²) >= 11 is 1.51. The predicted octanol–water partition coefficient (Wildman–Crippen LogP) is 6.05. The number of rotatable bonds is 21. The SMILES string of the molecule is CCCCCCCCCCCC/C=C\C(SCCCC(=O)O)C(O)CCC(=O)O. The maximum atomic E-state index is 10.7. The van der Waals surface area contributed by atoms with Gasteiger partial charge in [-0.1, -0.05) is 76.9 Å². The molecule has 0 radical (unpaired) electrons. The lowest BCUT2D eigenvalue weighted by Gasteiger charge is -2.19. The Morgan fingerprint density at radius 2 is 1.38 bits per heavy atom. The largest absolute Gasteiger partial charge is 0.481 e. The van der Waals surface area contributed by atoms with Gasteiger partial charge >= 0.3 is 11.9 Å². The van der Waals surface area contributed by atoms with E-state index < -0.39 is 18.0 Å². The molecule has 0 aliphatic carbocycles. The minimum Gasteiger partial charge on any atom is -0.481 e. The topological polar surface area (TPSA) is 94.8 Å². The highest BCUT2D eigenvalue weighted by molar-refractivity contribution is 8.00. The van der Waals surface area contributed by atoms with E-state index in [4.69, 9.17) is 10.2 Å². The Morgan fingerprint density at radius 1 is 0.828 bits per heavy atom. The van der Waals surface area contributed by atoms with Crippen LogP contribution in [0.3, 0.4) is 0 Å². The molecular weight excluding hydrogens is 388 g/mol. The van der Waals surface area contributed by atoms with Crippen LogP contribution < -0.4 is 0 Å². The van der Waals surface area contributed by atoms with Crippen LogP contribution in [0, 0.1) is 0 Å². The molecule has 29 heavy (non-hydrogen) atoms. The zero-order chi connectivity index (χ0) is 21.7. The van der Waals surface area contributed by atoms with Crippen LogP contribution >= 0.6 is 11.8 Å². The van der Waals surface area contributed by atoms with Crippen molar-refractivity contribution < 1.29 is 24.9 Å². The number of aliphatic hydroxyl groups is 1. The maximum Gasteiger partial charge on any atom is 0.303 e. The van der Waals surface area contributed by atoms with Crippen molar-refractivity contribution in [1.82, 2.24) is 0 Å². The molecule has 0 aliphatic heterocycles. The molecular formula is C23H42O5S. The van der Waals surface area contributed by atoms with E-state index in [0.29, 0.717) is 12.2 Å². The summed E-state index contributed by atoms with van der Waals surface area (Å²) in [5, 5.41) is 27.6. The lowest BCUT2D eigenvalue weighted by Crippen LogP contribution is -2.22. The number of carbonyl (C=O) groups is 2. The Kier molecular flexibility index (Phi) is 19.6. The number of unbranched alkanes of at least 4 members (excludes halogenated alkanes) is 10. The minimum atomic E-state index is -0.909. The van der Waals surface area contributed by atoms with E-state index in [0.717, 1.165) is 12.8 Å². The average molecular weight is 431 g/mol. The molecule has 0 aromatic heterocycles. The predicted molar refractivity (Wildman–Crippen MR) is 122 cm³/mol. The van der Waals surface area contributed by atoms with Gasteiger partial charge in [-0.2, -0.15) is 11.8 Å². The summed E-state index contributed by atoms with van der Waals surface area (Å²) in [6.45, 7) is 2.24. The minimum absolute atomic E-state index is 0.0559. The van der Waals surface area contributed by atoms with Gasteiger partial charge in [-0.25, -0.2) is 0 Å². The van der Waals surface area contributed by atoms with Crippen LogP contribution in [-0.2, 0) is 9.59 Å². The first-order valence-electron chi connectivity index (χ1n) is 11.4. The number of allylic oxidation sites excluding steroid dienone is 1. The number of hydrogen-bond donors (Lipinski definition) is 3. The molecule has 0 saturated heterocycles. The highest BCUT2D eigenvalue weighted by Gasteiger charge is 2.18. The third-order valence-corrected chi connectivity index (χ3v) is 6.31. The second-order valence-electron chi connectivity index (χ2n) is 7.73. The molecule has 0 aromatic rings. The van der Waals surface area contributed by atoms with Crippen LogP contribution in [0.15, 0.2) is 12.2 Å². The van der Waals surface area contributed by atoms with Gasteiger partial charge in [0.15, 0.2) is 0 Å². The lowest BCUT2D eigenvalue weighted by atomic mass is 10.1. The second kappa shape index (κ2) is 20.3. The fraction of sp³-hybridized carbons (Fsp3) is 0.826. The van der Waals surface area contributed by atoms with Crippen LogP contribution in [0.5, 0.6) is 0 Å². The summed E-state index contributed by atoms with van der Waals surface area (Å²) < 4.78 is 0. The van der Waals surface area contributed by atoms with Crippen LogP contribution in [0.2, 0.25) is 0 Å².